The van der Waals surface area contributed by atoms with Gasteiger partial charge in [0.1, 0.15) is 6.29 Å². The molecule has 0 fully saturated rings. The van der Waals surface area contributed by atoms with Crippen molar-refractivity contribution in [3.8, 4) is 0 Å². The standard InChI is InChI=1S/C5H10N2O2/c6-2-1-5(9)7-3-4-8/h4H,1-3,6H2,(H,7,9). The van der Waals surface area contributed by atoms with Crippen LogP contribution < -0.4 is 11.1 Å². The third kappa shape index (κ3) is 4.96. The van der Waals surface area contributed by atoms with Gasteiger partial charge in [-0.3, -0.25) is 4.79 Å². The zero-order chi connectivity index (χ0) is 7.11. The minimum absolute atomic E-state index is 0.0822. The first-order valence-corrected chi connectivity index (χ1v) is 2.71. The molecule has 3 N–H and O–H groups in total. The summed E-state index contributed by atoms with van der Waals surface area (Å²) in [5.74, 6) is -0.176. The molecule has 0 saturated carbocycles. The highest BCUT2D eigenvalue weighted by molar-refractivity contribution is 5.78. The molecule has 4 nitrogen and oxygen atoms in total. The maximum absolute atomic E-state index is 10.5. The number of rotatable bonds is 4. The van der Waals surface area contributed by atoms with Crippen molar-refractivity contribution in [1.29, 1.82) is 0 Å². The van der Waals surface area contributed by atoms with Crippen LogP contribution in [0, 0.1) is 0 Å². The van der Waals surface area contributed by atoms with Gasteiger partial charge < -0.3 is 15.8 Å². The lowest BCUT2D eigenvalue weighted by molar-refractivity contribution is -0.122. The summed E-state index contributed by atoms with van der Waals surface area (Å²) in [6.07, 6.45) is 0.919. The van der Waals surface area contributed by atoms with E-state index in [9.17, 15) is 9.59 Å². The fraction of sp³-hybridized carbons (Fsp3) is 0.600. The number of hydrogen-bond acceptors (Lipinski definition) is 3. The van der Waals surface area contributed by atoms with Crippen molar-refractivity contribution < 1.29 is 9.59 Å². The van der Waals surface area contributed by atoms with Crippen molar-refractivity contribution in [3.63, 3.8) is 0 Å². The van der Waals surface area contributed by atoms with E-state index in [1.54, 1.807) is 0 Å². The van der Waals surface area contributed by atoms with Gasteiger partial charge in [-0.05, 0) is 0 Å². The second-order valence-electron chi connectivity index (χ2n) is 1.51. The van der Waals surface area contributed by atoms with Gasteiger partial charge in [-0.2, -0.15) is 0 Å². The molecule has 4 heteroatoms. The van der Waals surface area contributed by atoms with E-state index in [0.717, 1.165) is 0 Å². The Morgan fingerprint density at radius 2 is 2.33 bits per heavy atom. The Morgan fingerprint density at radius 1 is 1.67 bits per heavy atom. The van der Waals surface area contributed by atoms with Gasteiger partial charge >= 0.3 is 0 Å². The Balaban J connectivity index is 3.16. The van der Waals surface area contributed by atoms with Crippen LogP contribution in [0.2, 0.25) is 0 Å². The topological polar surface area (TPSA) is 72.2 Å². The second kappa shape index (κ2) is 5.24. The van der Waals surface area contributed by atoms with Crippen LogP contribution in [-0.4, -0.2) is 25.3 Å². The first-order chi connectivity index (χ1) is 4.31. The van der Waals surface area contributed by atoms with E-state index in [2.05, 4.69) is 5.32 Å². The van der Waals surface area contributed by atoms with Crippen molar-refractivity contribution in [1.82, 2.24) is 5.32 Å². The zero-order valence-corrected chi connectivity index (χ0v) is 5.09. The molecule has 0 unspecified atom stereocenters. The van der Waals surface area contributed by atoms with Gasteiger partial charge in [0.25, 0.3) is 0 Å². The van der Waals surface area contributed by atoms with Crippen LogP contribution in [0.3, 0.4) is 0 Å². The van der Waals surface area contributed by atoms with E-state index in [4.69, 9.17) is 5.73 Å². The van der Waals surface area contributed by atoms with E-state index in [0.29, 0.717) is 12.8 Å². The minimum Gasteiger partial charge on any atom is -0.349 e. The zero-order valence-electron chi connectivity index (χ0n) is 5.09. The molecule has 0 aliphatic heterocycles. The molecule has 0 aliphatic rings. The van der Waals surface area contributed by atoms with Gasteiger partial charge in [0.2, 0.25) is 5.91 Å². The molecule has 0 aliphatic carbocycles. The molecule has 1 amide bonds. The Bertz CT molecular complexity index is 103. The van der Waals surface area contributed by atoms with E-state index < -0.39 is 0 Å². The number of nitrogens with one attached hydrogen (secondary N) is 1. The van der Waals surface area contributed by atoms with Crippen LogP contribution >= 0.6 is 0 Å². The predicted octanol–water partition coefficient (Wildman–Crippen LogP) is -1.35. The number of carbonyl (C=O) groups excluding carboxylic acids is 2. The fourth-order valence-electron chi connectivity index (χ4n) is 0.375. The van der Waals surface area contributed by atoms with Crippen LogP contribution in [0.1, 0.15) is 6.42 Å². The number of amides is 1. The van der Waals surface area contributed by atoms with Crippen molar-refractivity contribution in [3.05, 3.63) is 0 Å². The van der Waals surface area contributed by atoms with Crippen molar-refractivity contribution in [2.24, 2.45) is 5.73 Å². The molecule has 0 aromatic carbocycles. The highest BCUT2D eigenvalue weighted by Crippen LogP contribution is 1.70. The Kier molecular flexibility index (Phi) is 4.72. The van der Waals surface area contributed by atoms with Gasteiger partial charge in [0, 0.05) is 13.0 Å². The molecule has 0 atom stereocenters. The highest BCUT2D eigenvalue weighted by Gasteiger charge is 1.94. The summed E-state index contributed by atoms with van der Waals surface area (Å²) in [7, 11) is 0. The monoisotopic (exact) mass is 130 g/mol. The molecule has 0 radical (unpaired) electrons. The van der Waals surface area contributed by atoms with Crippen molar-refractivity contribution in [2.45, 2.75) is 6.42 Å². The number of aldehydes is 1. The molecule has 52 valence electrons. The lowest BCUT2D eigenvalue weighted by Gasteiger charge is -1.95. The summed E-state index contributed by atoms with van der Waals surface area (Å²) in [5.41, 5.74) is 5.05. The lowest BCUT2D eigenvalue weighted by atomic mass is 10.4. The number of nitrogens with two attached hydrogens (primary N) is 1. The molecular weight excluding hydrogens is 120 g/mol. The summed E-state index contributed by atoms with van der Waals surface area (Å²) in [4.78, 5) is 20.1. The van der Waals surface area contributed by atoms with Crippen LogP contribution in [0.4, 0.5) is 0 Å². The summed E-state index contributed by atoms with van der Waals surface area (Å²) < 4.78 is 0. The molecule has 0 heterocycles. The lowest BCUT2D eigenvalue weighted by Crippen LogP contribution is -2.26. The van der Waals surface area contributed by atoms with Gasteiger partial charge in [-0.1, -0.05) is 0 Å². The second-order valence-corrected chi connectivity index (χ2v) is 1.51. The largest absolute Gasteiger partial charge is 0.349 e. The first-order valence-electron chi connectivity index (χ1n) is 2.71. The van der Waals surface area contributed by atoms with E-state index in [1.165, 1.54) is 0 Å². The van der Waals surface area contributed by atoms with Gasteiger partial charge in [0.05, 0.1) is 6.54 Å². The summed E-state index contributed by atoms with van der Waals surface area (Å²) >= 11 is 0. The molecule has 0 bridgehead atoms. The normalized spacial score (nSPS) is 8.56. The van der Waals surface area contributed by atoms with Crippen LogP contribution in [0.15, 0.2) is 0 Å². The molecule has 0 saturated heterocycles. The first kappa shape index (κ1) is 8.10. The average Bonchev–Trinajstić information content (AvgIpc) is 1.85. The van der Waals surface area contributed by atoms with Crippen LogP contribution in [0.5, 0.6) is 0 Å². The smallest absolute Gasteiger partial charge is 0.221 e. The minimum atomic E-state index is -0.176. The predicted molar refractivity (Wildman–Crippen MR) is 32.7 cm³/mol. The average molecular weight is 130 g/mol. The molecule has 0 spiro atoms. The maximum Gasteiger partial charge on any atom is 0.221 e. The van der Waals surface area contributed by atoms with Crippen molar-refractivity contribution >= 4 is 12.2 Å². The van der Waals surface area contributed by atoms with E-state index in [-0.39, 0.29) is 18.9 Å². The summed E-state index contributed by atoms with van der Waals surface area (Å²) in [6, 6.07) is 0. The molecule has 9 heavy (non-hydrogen) atoms. The molecular formula is C5H10N2O2. The van der Waals surface area contributed by atoms with E-state index in [1.807, 2.05) is 0 Å². The molecule has 0 aromatic heterocycles. The quantitative estimate of drug-likeness (QED) is 0.462. The van der Waals surface area contributed by atoms with Gasteiger partial charge in [-0.25, -0.2) is 0 Å². The van der Waals surface area contributed by atoms with E-state index >= 15 is 0 Å². The van der Waals surface area contributed by atoms with Gasteiger partial charge in [-0.15, -0.1) is 0 Å². The summed E-state index contributed by atoms with van der Waals surface area (Å²) in [5, 5.41) is 2.35. The van der Waals surface area contributed by atoms with Crippen LogP contribution in [-0.2, 0) is 9.59 Å². The highest BCUT2D eigenvalue weighted by atomic mass is 16.2. The fourth-order valence-corrected chi connectivity index (χ4v) is 0.375. The maximum atomic E-state index is 10.5. The third-order valence-electron chi connectivity index (χ3n) is 0.754. The van der Waals surface area contributed by atoms with Gasteiger partial charge in [0.15, 0.2) is 0 Å². The Morgan fingerprint density at radius 3 is 2.78 bits per heavy atom. The number of carbonyl (C=O) groups is 2. The molecule has 0 aromatic rings. The number of hydrogen-bond donors (Lipinski definition) is 2. The Hall–Kier alpha value is -0.900. The molecule has 0 rings (SSSR count). The summed E-state index contributed by atoms with van der Waals surface area (Å²) in [6.45, 7) is 0.406. The van der Waals surface area contributed by atoms with Crippen molar-refractivity contribution in [2.75, 3.05) is 13.1 Å². The Labute approximate surface area is 53.4 Å². The van der Waals surface area contributed by atoms with Crippen LogP contribution in [0.25, 0.3) is 0 Å². The third-order valence-corrected chi connectivity index (χ3v) is 0.754. The SMILES string of the molecule is NCCC(=O)NCC=O.